The van der Waals surface area contributed by atoms with E-state index in [2.05, 4.69) is 42.5 Å². The number of aliphatic hydroxyl groups excluding tert-OH is 2. The molecule has 17 N–H and O–H groups in total. The number of aliphatic carboxylic acids is 1. The van der Waals surface area contributed by atoms with Crippen LogP contribution in [-0.2, 0) is 54.4 Å². The third-order valence-electron chi connectivity index (χ3n) is 11.5. The smallest absolute Gasteiger partial charge is 0.322 e. The van der Waals surface area contributed by atoms with Crippen LogP contribution in [0.3, 0.4) is 0 Å². The van der Waals surface area contributed by atoms with Gasteiger partial charge in [0, 0.05) is 12.8 Å². The first-order valence-electron chi connectivity index (χ1n) is 24.0. The van der Waals surface area contributed by atoms with Crippen LogP contribution in [0.2, 0.25) is 0 Å². The van der Waals surface area contributed by atoms with E-state index < -0.39 is 138 Å². The summed E-state index contributed by atoms with van der Waals surface area (Å²) < 4.78 is 0. The molecule has 1 aromatic rings. The summed E-state index contributed by atoms with van der Waals surface area (Å²) in [4.78, 5) is 132. The summed E-state index contributed by atoms with van der Waals surface area (Å²) in [5, 5.41) is 50.0. The van der Waals surface area contributed by atoms with Gasteiger partial charge in [-0.25, -0.2) is 0 Å². The maximum Gasteiger partial charge on any atom is 0.322 e. The molecular formula is C47H79N11O13. The van der Waals surface area contributed by atoms with E-state index in [0.717, 1.165) is 0 Å². The van der Waals surface area contributed by atoms with Crippen molar-refractivity contribution in [2.45, 2.75) is 167 Å². The quantitative estimate of drug-likeness (QED) is 0.0313. The van der Waals surface area contributed by atoms with Gasteiger partial charge in [0.05, 0.1) is 18.2 Å². The fraction of sp³-hybridized carbons (Fsp3) is 0.660. The number of nitrogens with one attached hydrogen (secondary N) is 8. The van der Waals surface area contributed by atoms with Crippen molar-refractivity contribution in [2.24, 2.45) is 35.0 Å². The second kappa shape index (κ2) is 31.9. The zero-order chi connectivity index (χ0) is 54.1. The zero-order valence-corrected chi connectivity index (χ0v) is 42.1. The maximum atomic E-state index is 14.2. The van der Waals surface area contributed by atoms with Gasteiger partial charge in [0.25, 0.3) is 0 Å². The highest BCUT2D eigenvalue weighted by molar-refractivity contribution is 5.98. The molecule has 0 saturated carbocycles. The topological polar surface area (TPSA) is 406 Å². The molecule has 400 valence electrons. The van der Waals surface area contributed by atoms with Gasteiger partial charge < -0.3 is 75.1 Å². The lowest BCUT2D eigenvalue weighted by atomic mass is 9.96. The Hall–Kier alpha value is -6.24. The number of amides is 9. The van der Waals surface area contributed by atoms with E-state index in [4.69, 9.17) is 22.3 Å². The summed E-state index contributed by atoms with van der Waals surface area (Å²) in [6.45, 7) is 12.1. The van der Waals surface area contributed by atoms with Crippen LogP contribution in [0, 0.1) is 17.8 Å². The van der Waals surface area contributed by atoms with E-state index in [0.29, 0.717) is 24.8 Å². The number of carboxylic acids is 1. The lowest BCUT2D eigenvalue weighted by Crippen LogP contribution is -2.63. The monoisotopic (exact) mass is 1010 g/mol. The van der Waals surface area contributed by atoms with Gasteiger partial charge in [-0.05, 0) is 75.8 Å². The molecule has 11 atom stereocenters. The van der Waals surface area contributed by atoms with Gasteiger partial charge in [-0.3, -0.25) is 47.9 Å². The second-order valence-electron chi connectivity index (χ2n) is 18.6. The molecule has 0 saturated heterocycles. The molecule has 0 heterocycles. The molecule has 1 aromatic carbocycles. The number of benzene rings is 1. The van der Waals surface area contributed by atoms with Crippen molar-refractivity contribution < 1.29 is 63.3 Å². The number of unbranched alkanes of at least 4 members (excludes halogenated alkanes) is 1. The molecule has 1 rings (SSSR count). The number of rotatable bonds is 33. The van der Waals surface area contributed by atoms with Crippen molar-refractivity contribution in [1.29, 1.82) is 0 Å². The number of carbonyl (C=O) groups is 10. The van der Waals surface area contributed by atoms with E-state index in [9.17, 15) is 58.2 Å². The number of carboxylic acid groups (broad SMARTS) is 1. The maximum absolute atomic E-state index is 14.2. The SMILES string of the molecule is CC[C@H](C)[C@H](NC(=O)[C@@H](N)CCC(N)=O)C(=O)N[C@@H](Cc1ccccc1)C(=O)N[C@H](C(=O)N[C@@H](CCCCN)C(=O)N[C@H](C(=O)N[C@@H](CC(C)C)C(=O)N[C@H](C(=O)NCC(=O)O)[C@@H](C)O)[C@@H](C)O)C(C)C. The van der Waals surface area contributed by atoms with Gasteiger partial charge in [0.15, 0.2) is 0 Å². The van der Waals surface area contributed by atoms with Crippen molar-refractivity contribution >= 4 is 59.1 Å². The van der Waals surface area contributed by atoms with Crippen molar-refractivity contribution in [1.82, 2.24) is 42.5 Å². The predicted octanol–water partition coefficient (Wildman–Crippen LogP) is -2.94. The van der Waals surface area contributed by atoms with Crippen LogP contribution in [0.1, 0.15) is 106 Å². The first kappa shape index (κ1) is 62.8. The Labute approximate surface area is 415 Å². The standard InChI is InChI=1S/C47H79N11O13/c1-9-26(6)37(56-40(64)30(49)18-19-34(50)61)46(70)54-33(22-29-15-11-10-12-16-29)43(67)55-36(25(4)5)45(69)52-31(17-13-14-20-48)41(65)58-39(28(8)60)47(71)53-32(21-24(2)3)42(66)57-38(27(7)59)44(68)51-23-35(62)63/h10-12,15-16,24-28,30-33,36-39,59-60H,9,13-14,17-23,48-49H2,1-8H3,(H2,50,61)(H,51,68)(H,52,69)(H,53,71)(H,54,70)(H,55,67)(H,56,64)(H,57,66)(H,58,65)(H,62,63)/t26-,27+,28+,30-,31-,32-,33-,36-,37-,38-,39-/m0/s1. The van der Waals surface area contributed by atoms with E-state index in [1.807, 2.05) is 0 Å². The molecule has 0 aliphatic carbocycles. The minimum atomic E-state index is -1.71. The average Bonchev–Trinajstić information content (AvgIpc) is 3.29. The van der Waals surface area contributed by atoms with Gasteiger partial charge in [0.2, 0.25) is 53.2 Å². The number of aliphatic hydroxyl groups is 2. The highest BCUT2D eigenvalue weighted by Gasteiger charge is 2.37. The number of nitrogens with two attached hydrogens (primary N) is 3. The average molecular weight is 1010 g/mol. The fourth-order valence-electron chi connectivity index (χ4n) is 7.08. The van der Waals surface area contributed by atoms with Crippen LogP contribution < -0.4 is 59.7 Å². The van der Waals surface area contributed by atoms with Crippen LogP contribution in [-0.4, -0.2) is 148 Å². The summed E-state index contributed by atoms with van der Waals surface area (Å²) in [6.07, 6.45) is -2.16. The van der Waals surface area contributed by atoms with Gasteiger partial charge in [-0.2, -0.15) is 0 Å². The largest absolute Gasteiger partial charge is 0.480 e. The van der Waals surface area contributed by atoms with Crippen LogP contribution >= 0.6 is 0 Å². The summed E-state index contributed by atoms with van der Waals surface area (Å²) in [5.41, 5.74) is 17.6. The van der Waals surface area contributed by atoms with Gasteiger partial charge in [-0.1, -0.05) is 78.3 Å². The van der Waals surface area contributed by atoms with Gasteiger partial charge in [0.1, 0.15) is 48.8 Å². The molecule has 9 amide bonds. The summed E-state index contributed by atoms with van der Waals surface area (Å²) in [6, 6.07) is -2.27. The summed E-state index contributed by atoms with van der Waals surface area (Å²) >= 11 is 0. The van der Waals surface area contributed by atoms with Crippen molar-refractivity contribution in [2.75, 3.05) is 13.1 Å². The van der Waals surface area contributed by atoms with E-state index in [-0.39, 0.29) is 44.6 Å². The molecule has 0 unspecified atom stereocenters. The number of hydrogen-bond donors (Lipinski definition) is 14. The Kier molecular flexibility index (Phi) is 28.2. The molecule has 0 aliphatic rings. The third kappa shape index (κ3) is 23.0. The molecule has 0 fully saturated rings. The number of primary amides is 1. The van der Waals surface area contributed by atoms with Crippen LogP contribution in [0.15, 0.2) is 30.3 Å². The van der Waals surface area contributed by atoms with Gasteiger partial charge >= 0.3 is 5.97 Å². The summed E-state index contributed by atoms with van der Waals surface area (Å²) in [7, 11) is 0. The number of carbonyl (C=O) groups excluding carboxylic acids is 9. The lowest BCUT2D eigenvalue weighted by Gasteiger charge is -2.30. The lowest BCUT2D eigenvalue weighted by molar-refractivity contribution is -0.139. The van der Waals surface area contributed by atoms with Crippen molar-refractivity contribution in [3.8, 4) is 0 Å². The molecule has 71 heavy (non-hydrogen) atoms. The van der Waals surface area contributed by atoms with E-state index in [1.165, 1.54) is 13.8 Å². The molecule has 0 radical (unpaired) electrons. The van der Waals surface area contributed by atoms with Crippen molar-refractivity contribution in [3.05, 3.63) is 35.9 Å². The Bertz CT molecular complexity index is 1940. The Balaban J connectivity index is 3.46. The molecular weight excluding hydrogens is 927 g/mol. The minimum absolute atomic E-state index is 0.00760. The van der Waals surface area contributed by atoms with E-state index in [1.54, 1.807) is 71.9 Å². The van der Waals surface area contributed by atoms with Crippen LogP contribution in [0.5, 0.6) is 0 Å². The molecule has 0 aliphatic heterocycles. The van der Waals surface area contributed by atoms with Crippen LogP contribution in [0.4, 0.5) is 0 Å². The first-order chi connectivity index (χ1) is 33.2. The molecule has 0 bridgehead atoms. The highest BCUT2D eigenvalue weighted by atomic mass is 16.4. The molecule has 0 spiro atoms. The Morgan fingerprint density at radius 2 is 1.06 bits per heavy atom. The number of hydrogen-bond acceptors (Lipinski definition) is 14. The fourth-order valence-corrected chi connectivity index (χ4v) is 7.08. The predicted molar refractivity (Wildman–Crippen MR) is 261 cm³/mol. The van der Waals surface area contributed by atoms with Crippen molar-refractivity contribution in [3.63, 3.8) is 0 Å². The van der Waals surface area contributed by atoms with Crippen LogP contribution in [0.25, 0.3) is 0 Å². The van der Waals surface area contributed by atoms with Gasteiger partial charge in [-0.15, -0.1) is 0 Å². The normalized spacial score (nSPS) is 15.9. The Morgan fingerprint density at radius 3 is 1.56 bits per heavy atom. The zero-order valence-electron chi connectivity index (χ0n) is 42.1. The summed E-state index contributed by atoms with van der Waals surface area (Å²) in [5.74, 6) is -10.2. The molecule has 24 heteroatoms. The molecule has 0 aromatic heterocycles. The Morgan fingerprint density at radius 1 is 0.577 bits per heavy atom. The molecule has 24 nitrogen and oxygen atoms in total. The highest BCUT2D eigenvalue weighted by Crippen LogP contribution is 2.14. The third-order valence-corrected chi connectivity index (χ3v) is 11.5. The second-order valence-corrected chi connectivity index (χ2v) is 18.6. The first-order valence-corrected chi connectivity index (χ1v) is 24.0. The minimum Gasteiger partial charge on any atom is -0.480 e. The van der Waals surface area contributed by atoms with E-state index >= 15 is 0 Å².